The lowest BCUT2D eigenvalue weighted by Gasteiger charge is -2.15. The molecule has 0 bridgehead atoms. The fourth-order valence-corrected chi connectivity index (χ4v) is 2.96. The van der Waals surface area contributed by atoms with Crippen LogP contribution in [0.15, 0.2) is 42.7 Å². The highest BCUT2D eigenvalue weighted by Gasteiger charge is 2.13. The second kappa shape index (κ2) is 8.33. The number of nitrogens with one attached hydrogen (secondary N) is 3. The number of rotatable bonds is 5. The first-order valence-electron chi connectivity index (χ1n) is 8.32. The van der Waals surface area contributed by atoms with Crippen molar-refractivity contribution in [1.82, 2.24) is 15.4 Å². The summed E-state index contributed by atoms with van der Waals surface area (Å²) in [7, 11) is 0. The summed E-state index contributed by atoms with van der Waals surface area (Å²) >= 11 is 11.9. The molecule has 0 saturated carbocycles. The Morgan fingerprint density at radius 3 is 2.57 bits per heavy atom. The number of carbonyl (C=O) groups excluding carboxylic acids is 1. The van der Waals surface area contributed by atoms with Gasteiger partial charge in [-0.25, -0.2) is 9.97 Å². The van der Waals surface area contributed by atoms with Crippen molar-refractivity contribution in [2.75, 3.05) is 16.5 Å². The lowest BCUT2D eigenvalue weighted by atomic mass is 10.1. The topological polar surface area (TPSA) is 105 Å². The highest BCUT2D eigenvalue weighted by Crippen LogP contribution is 2.28. The summed E-state index contributed by atoms with van der Waals surface area (Å²) in [6.45, 7) is 4.03. The number of aryl methyl sites for hydroxylation is 1. The Morgan fingerprint density at radius 1 is 1.07 bits per heavy atom. The molecule has 0 unspecified atom stereocenters. The molecule has 0 saturated heterocycles. The van der Waals surface area contributed by atoms with Crippen LogP contribution in [0.5, 0.6) is 0 Å². The van der Waals surface area contributed by atoms with Gasteiger partial charge in [-0.3, -0.25) is 15.6 Å². The molecule has 0 aliphatic carbocycles. The largest absolute Gasteiger partial charge is 0.393 e. The number of halogens is 2. The van der Waals surface area contributed by atoms with Gasteiger partial charge in [0.05, 0.1) is 10.6 Å². The van der Waals surface area contributed by atoms with Gasteiger partial charge in [-0.2, -0.15) is 0 Å². The summed E-state index contributed by atoms with van der Waals surface area (Å²) in [5.74, 6) is 0.218. The number of carbonyl (C=O) groups is 1. The average Bonchev–Trinajstić information content (AvgIpc) is 2.65. The van der Waals surface area contributed by atoms with Gasteiger partial charge in [-0.05, 0) is 49.2 Å². The third kappa shape index (κ3) is 4.27. The Balaban J connectivity index is 1.76. The molecule has 1 heterocycles. The first-order valence-corrected chi connectivity index (χ1v) is 9.07. The summed E-state index contributed by atoms with van der Waals surface area (Å²) in [6.07, 6.45) is 1.34. The minimum absolute atomic E-state index is 0.236. The van der Waals surface area contributed by atoms with Gasteiger partial charge in [0, 0.05) is 10.7 Å². The van der Waals surface area contributed by atoms with Gasteiger partial charge in [-0.1, -0.05) is 35.3 Å². The predicted octanol–water partition coefficient (Wildman–Crippen LogP) is 4.48. The van der Waals surface area contributed by atoms with Crippen molar-refractivity contribution in [2.24, 2.45) is 0 Å². The van der Waals surface area contributed by atoms with E-state index in [1.165, 1.54) is 18.5 Å². The van der Waals surface area contributed by atoms with Crippen LogP contribution in [0.1, 0.15) is 21.5 Å². The molecule has 1 amide bonds. The standard InChI is InChI=1S/C19H18Cl2N6O/c1-10-4-3-5-15(11(10)2)25-17-16(22)18(24-9-23-17)26-27-19(28)13-7-6-12(20)8-14(13)21/h3-9H,22H2,1-2H3,(H,27,28)(H2,23,24,25,26). The maximum atomic E-state index is 12.3. The van der Waals surface area contributed by atoms with Gasteiger partial charge >= 0.3 is 0 Å². The van der Waals surface area contributed by atoms with E-state index < -0.39 is 5.91 Å². The van der Waals surface area contributed by atoms with Crippen molar-refractivity contribution < 1.29 is 4.79 Å². The first kappa shape index (κ1) is 19.7. The van der Waals surface area contributed by atoms with E-state index in [4.69, 9.17) is 28.9 Å². The number of hydrogen-bond donors (Lipinski definition) is 4. The molecule has 0 aliphatic rings. The lowest BCUT2D eigenvalue weighted by Crippen LogP contribution is -2.30. The SMILES string of the molecule is Cc1cccc(Nc2ncnc(NNC(=O)c3ccc(Cl)cc3Cl)c2N)c1C. The summed E-state index contributed by atoms with van der Waals surface area (Å²) in [4.78, 5) is 20.6. The summed E-state index contributed by atoms with van der Waals surface area (Å²) in [5.41, 5.74) is 15.0. The first-order chi connectivity index (χ1) is 13.4. The zero-order valence-electron chi connectivity index (χ0n) is 15.2. The van der Waals surface area contributed by atoms with Crippen molar-refractivity contribution in [1.29, 1.82) is 0 Å². The van der Waals surface area contributed by atoms with Crippen molar-refractivity contribution in [3.63, 3.8) is 0 Å². The Morgan fingerprint density at radius 2 is 1.82 bits per heavy atom. The molecular formula is C19H18Cl2N6O. The monoisotopic (exact) mass is 416 g/mol. The second-order valence-corrected chi connectivity index (χ2v) is 6.90. The van der Waals surface area contributed by atoms with E-state index in [-0.39, 0.29) is 22.1 Å². The van der Waals surface area contributed by atoms with E-state index in [9.17, 15) is 4.79 Å². The molecule has 7 nitrogen and oxygen atoms in total. The van der Waals surface area contributed by atoms with E-state index in [0.29, 0.717) is 10.8 Å². The Labute approximate surface area is 172 Å². The van der Waals surface area contributed by atoms with Gasteiger partial charge in [0.15, 0.2) is 11.6 Å². The van der Waals surface area contributed by atoms with Crippen LogP contribution in [-0.2, 0) is 0 Å². The molecule has 0 fully saturated rings. The third-order valence-corrected chi connectivity index (χ3v) is 4.76. The fourth-order valence-electron chi connectivity index (χ4n) is 2.47. The molecule has 5 N–H and O–H groups in total. The number of hydrazine groups is 1. The van der Waals surface area contributed by atoms with Crippen molar-refractivity contribution >= 4 is 52.1 Å². The molecular weight excluding hydrogens is 399 g/mol. The molecule has 9 heteroatoms. The number of nitrogen functional groups attached to an aromatic ring is 1. The van der Waals surface area contributed by atoms with Crippen LogP contribution in [0.2, 0.25) is 10.0 Å². The third-order valence-electron chi connectivity index (χ3n) is 4.21. The van der Waals surface area contributed by atoms with Crippen molar-refractivity contribution in [3.8, 4) is 0 Å². The van der Waals surface area contributed by atoms with E-state index in [0.717, 1.165) is 16.8 Å². The molecule has 0 radical (unpaired) electrons. The minimum atomic E-state index is -0.455. The van der Waals surface area contributed by atoms with Gasteiger partial charge in [0.25, 0.3) is 5.91 Å². The predicted molar refractivity (Wildman–Crippen MR) is 113 cm³/mol. The van der Waals surface area contributed by atoms with Crippen molar-refractivity contribution in [3.05, 3.63) is 69.5 Å². The number of aromatic nitrogens is 2. The number of nitrogens with two attached hydrogens (primary N) is 1. The maximum absolute atomic E-state index is 12.3. The number of benzene rings is 2. The van der Waals surface area contributed by atoms with Crippen LogP contribution < -0.4 is 21.9 Å². The molecule has 0 spiro atoms. The van der Waals surface area contributed by atoms with Crippen LogP contribution in [0.3, 0.4) is 0 Å². The number of hydrogen-bond acceptors (Lipinski definition) is 6. The average molecular weight is 417 g/mol. The zero-order valence-corrected chi connectivity index (χ0v) is 16.7. The minimum Gasteiger partial charge on any atom is -0.393 e. The zero-order chi connectivity index (χ0) is 20.3. The van der Waals surface area contributed by atoms with Crippen LogP contribution >= 0.6 is 23.2 Å². The molecule has 0 aliphatic heterocycles. The number of anilines is 4. The van der Waals surface area contributed by atoms with Gasteiger partial charge in [-0.15, -0.1) is 0 Å². The molecule has 144 valence electrons. The van der Waals surface area contributed by atoms with Gasteiger partial charge in [0.2, 0.25) is 0 Å². The Hall–Kier alpha value is -3.03. The van der Waals surface area contributed by atoms with E-state index in [1.807, 2.05) is 32.0 Å². The summed E-state index contributed by atoms with van der Waals surface area (Å²) in [5, 5.41) is 3.87. The summed E-state index contributed by atoms with van der Waals surface area (Å²) in [6, 6.07) is 10.5. The normalized spacial score (nSPS) is 10.4. The molecule has 2 aromatic carbocycles. The van der Waals surface area contributed by atoms with Gasteiger partial charge < -0.3 is 11.1 Å². The molecule has 0 atom stereocenters. The Kier molecular flexibility index (Phi) is 5.87. The highest BCUT2D eigenvalue weighted by molar-refractivity contribution is 6.36. The van der Waals surface area contributed by atoms with Crippen LogP contribution in [0.25, 0.3) is 0 Å². The summed E-state index contributed by atoms with van der Waals surface area (Å²) < 4.78 is 0. The quantitative estimate of drug-likeness (QED) is 0.456. The fraction of sp³-hybridized carbons (Fsp3) is 0.105. The van der Waals surface area contributed by atoms with E-state index in [2.05, 4.69) is 26.1 Å². The van der Waals surface area contributed by atoms with Crippen LogP contribution in [-0.4, -0.2) is 15.9 Å². The van der Waals surface area contributed by atoms with Crippen LogP contribution in [0, 0.1) is 13.8 Å². The molecule has 3 aromatic rings. The smallest absolute Gasteiger partial charge is 0.271 e. The van der Waals surface area contributed by atoms with Crippen molar-refractivity contribution in [2.45, 2.75) is 13.8 Å². The van der Waals surface area contributed by atoms with E-state index >= 15 is 0 Å². The molecule has 28 heavy (non-hydrogen) atoms. The Bertz CT molecular complexity index is 1040. The van der Waals surface area contributed by atoms with Crippen LogP contribution in [0.4, 0.5) is 23.0 Å². The highest BCUT2D eigenvalue weighted by atomic mass is 35.5. The van der Waals surface area contributed by atoms with Gasteiger partial charge in [0.1, 0.15) is 12.0 Å². The number of amides is 1. The van der Waals surface area contributed by atoms with E-state index in [1.54, 1.807) is 6.07 Å². The molecule has 1 aromatic heterocycles. The lowest BCUT2D eigenvalue weighted by molar-refractivity contribution is 0.0962. The number of nitrogens with zero attached hydrogens (tertiary/aromatic N) is 2. The maximum Gasteiger partial charge on any atom is 0.271 e. The molecule has 3 rings (SSSR count). The second-order valence-electron chi connectivity index (χ2n) is 6.06.